The van der Waals surface area contributed by atoms with Gasteiger partial charge in [0.1, 0.15) is 12.6 Å². The van der Waals surface area contributed by atoms with Gasteiger partial charge < -0.3 is 10.6 Å². The van der Waals surface area contributed by atoms with E-state index in [9.17, 15) is 9.59 Å². The summed E-state index contributed by atoms with van der Waals surface area (Å²) in [4.78, 5) is 26.8. The predicted molar refractivity (Wildman–Crippen MR) is 110 cm³/mol. The number of rotatable bonds is 4. The Hall–Kier alpha value is -2.66. The molecular weight excluding hydrogens is 350 g/mol. The van der Waals surface area contributed by atoms with Gasteiger partial charge in [0, 0.05) is 5.56 Å². The highest BCUT2D eigenvalue weighted by molar-refractivity contribution is 6.10. The van der Waals surface area contributed by atoms with Crippen LogP contribution in [0.3, 0.4) is 0 Å². The third kappa shape index (κ3) is 3.67. The summed E-state index contributed by atoms with van der Waals surface area (Å²) in [6.45, 7) is 4.14. The van der Waals surface area contributed by atoms with E-state index in [1.165, 1.54) is 36.0 Å². The molecule has 0 bridgehead atoms. The number of anilines is 2. The highest BCUT2D eigenvalue weighted by Gasteiger charge is 2.32. The van der Waals surface area contributed by atoms with Crippen LogP contribution in [-0.4, -0.2) is 24.4 Å². The first kappa shape index (κ1) is 18.7. The minimum Gasteiger partial charge on any atom is -0.330 e. The lowest BCUT2D eigenvalue weighted by Crippen LogP contribution is -2.92. The van der Waals surface area contributed by atoms with Crippen LogP contribution in [0.4, 0.5) is 11.4 Å². The Morgan fingerprint density at radius 3 is 2.64 bits per heavy atom. The van der Waals surface area contributed by atoms with E-state index in [-0.39, 0.29) is 30.4 Å². The number of aryl methyl sites for hydroxylation is 2. The molecule has 5 heteroatoms. The summed E-state index contributed by atoms with van der Waals surface area (Å²) >= 11 is 0. The Labute approximate surface area is 166 Å². The first-order valence-corrected chi connectivity index (χ1v) is 10.2. The van der Waals surface area contributed by atoms with Crippen LogP contribution in [-0.2, 0) is 22.4 Å². The summed E-state index contributed by atoms with van der Waals surface area (Å²) in [5, 5.41) is 4.94. The summed E-state index contributed by atoms with van der Waals surface area (Å²) in [7, 11) is 0. The standard InChI is InChI=1S/C23H27N3O2/c1-15(18-12-11-17-7-3-4-8-19(17)13-18)24-16(2)23(28)26-14-22(27)25-20-9-5-6-10-21(20)26/h5-6,9-13,15-16,24H,3-4,7-8,14H2,1-2H3,(H,25,27)/p+1/t15-,16-/m1/s1. The lowest BCUT2D eigenvalue weighted by Gasteiger charge is -2.31. The van der Waals surface area contributed by atoms with Crippen molar-refractivity contribution in [1.82, 2.24) is 0 Å². The molecule has 5 nitrogen and oxygen atoms in total. The van der Waals surface area contributed by atoms with Gasteiger partial charge in [0.15, 0.2) is 6.04 Å². The summed E-state index contributed by atoms with van der Waals surface area (Å²) < 4.78 is 0. The van der Waals surface area contributed by atoms with Gasteiger partial charge in [-0.25, -0.2) is 0 Å². The van der Waals surface area contributed by atoms with Gasteiger partial charge in [-0.2, -0.15) is 0 Å². The number of hydrogen-bond donors (Lipinski definition) is 2. The molecule has 28 heavy (non-hydrogen) atoms. The smallest absolute Gasteiger partial charge is 0.285 e. The molecule has 2 aromatic carbocycles. The average molecular weight is 378 g/mol. The molecule has 1 heterocycles. The number of nitrogens with zero attached hydrogens (tertiary/aromatic N) is 1. The van der Waals surface area contributed by atoms with Gasteiger partial charge in [-0.1, -0.05) is 24.3 Å². The van der Waals surface area contributed by atoms with Crippen molar-refractivity contribution in [3.63, 3.8) is 0 Å². The average Bonchev–Trinajstić information content (AvgIpc) is 2.72. The van der Waals surface area contributed by atoms with Crippen molar-refractivity contribution < 1.29 is 14.9 Å². The molecule has 0 radical (unpaired) electrons. The second kappa shape index (κ2) is 7.76. The molecule has 1 aliphatic carbocycles. The highest BCUT2D eigenvalue weighted by Crippen LogP contribution is 2.29. The van der Waals surface area contributed by atoms with Crippen LogP contribution in [0.1, 0.15) is 49.4 Å². The van der Waals surface area contributed by atoms with E-state index in [1.54, 1.807) is 4.90 Å². The molecular formula is C23H28N3O2+. The number of benzene rings is 2. The van der Waals surface area contributed by atoms with E-state index in [0.29, 0.717) is 5.69 Å². The van der Waals surface area contributed by atoms with Gasteiger partial charge in [-0.3, -0.25) is 14.5 Å². The molecule has 2 aromatic rings. The largest absolute Gasteiger partial charge is 0.330 e. The van der Waals surface area contributed by atoms with E-state index < -0.39 is 0 Å². The van der Waals surface area contributed by atoms with Crippen molar-refractivity contribution in [2.75, 3.05) is 16.8 Å². The molecule has 1 aliphatic heterocycles. The SMILES string of the molecule is C[C@@H]([NH2+][C@H](C)c1ccc2c(c1)CCCC2)C(=O)N1CC(=O)Nc2ccccc21. The second-order valence-electron chi connectivity index (χ2n) is 7.99. The molecule has 2 amide bonds. The first-order chi connectivity index (χ1) is 13.5. The number of nitrogens with two attached hydrogens (primary N) is 1. The number of quaternary nitrogens is 1. The maximum atomic E-state index is 13.1. The van der Waals surface area contributed by atoms with Crippen molar-refractivity contribution in [3.8, 4) is 0 Å². The zero-order chi connectivity index (χ0) is 19.7. The second-order valence-corrected chi connectivity index (χ2v) is 7.99. The fourth-order valence-corrected chi connectivity index (χ4v) is 4.34. The van der Waals surface area contributed by atoms with Gasteiger partial charge in [-0.15, -0.1) is 0 Å². The molecule has 2 aliphatic rings. The number of para-hydroxylation sites is 2. The number of carbonyl (C=O) groups excluding carboxylic acids is 2. The third-order valence-corrected chi connectivity index (χ3v) is 5.90. The minimum atomic E-state index is -0.273. The maximum Gasteiger partial charge on any atom is 0.285 e. The molecule has 0 saturated carbocycles. The lowest BCUT2D eigenvalue weighted by atomic mass is 9.89. The topological polar surface area (TPSA) is 66.0 Å². The van der Waals surface area contributed by atoms with E-state index in [4.69, 9.17) is 0 Å². The predicted octanol–water partition coefficient (Wildman–Crippen LogP) is 2.56. The fraction of sp³-hybridized carbons (Fsp3) is 0.391. The van der Waals surface area contributed by atoms with Gasteiger partial charge in [0.2, 0.25) is 5.91 Å². The molecule has 0 spiro atoms. The van der Waals surface area contributed by atoms with Crippen LogP contribution in [0, 0.1) is 0 Å². The number of hydrogen-bond acceptors (Lipinski definition) is 2. The monoisotopic (exact) mass is 378 g/mol. The van der Waals surface area contributed by atoms with E-state index >= 15 is 0 Å². The van der Waals surface area contributed by atoms with Crippen molar-refractivity contribution in [3.05, 3.63) is 59.2 Å². The van der Waals surface area contributed by atoms with Crippen LogP contribution >= 0.6 is 0 Å². The van der Waals surface area contributed by atoms with Gasteiger partial charge in [0.05, 0.1) is 11.4 Å². The maximum absolute atomic E-state index is 13.1. The van der Waals surface area contributed by atoms with Crippen LogP contribution in [0.25, 0.3) is 0 Å². The molecule has 4 rings (SSSR count). The van der Waals surface area contributed by atoms with Gasteiger partial charge in [0.25, 0.3) is 5.91 Å². The molecule has 146 valence electrons. The molecule has 0 fully saturated rings. The van der Waals surface area contributed by atoms with Crippen molar-refractivity contribution in [1.29, 1.82) is 0 Å². The Bertz CT molecular complexity index is 908. The number of carbonyl (C=O) groups is 2. The van der Waals surface area contributed by atoms with E-state index in [2.05, 4.69) is 35.8 Å². The van der Waals surface area contributed by atoms with Crippen molar-refractivity contribution in [2.45, 2.75) is 51.6 Å². The van der Waals surface area contributed by atoms with Crippen LogP contribution < -0.4 is 15.5 Å². The summed E-state index contributed by atoms with van der Waals surface area (Å²) in [6.07, 6.45) is 4.88. The summed E-state index contributed by atoms with van der Waals surface area (Å²) in [5.74, 6) is -0.186. The molecule has 0 aromatic heterocycles. The number of nitrogens with one attached hydrogen (secondary N) is 1. The van der Waals surface area contributed by atoms with Crippen LogP contribution in [0.2, 0.25) is 0 Å². The minimum absolute atomic E-state index is 0.0351. The lowest BCUT2D eigenvalue weighted by molar-refractivity contribution is -0.710. The molecule has 2 atom stereocenters. The van der Waals surface area contributed by atoms with Crippen LogP contribution in [0.5, 0.6) is 0 Å². The molecule has 0 saturated heterocycles. The quantitative estimate of drug-likeness (QED) is 0.859. The molecule has 0 unspecified atom stereocenters. The molecule has 3 N–H and O–H groups in total. The normalized spacial score (nSPS) is 17.9. The van der Waals surface area contributed by atoms with Crippen molar-refractivity contribution >= 4 is 23.2 Å². The highest BCUT2D eigenvalue weighted by atomic mass is 16.2. The summed E-state index contributed by atoms with van der Waals surface area (Å²) in [6, 6.07) is 14.1. The van der Waals surface area contributed by atoms with E-state index in [1.807, 2.05) is 31.2 Å². The van der Waals surface area contributed by atoms with Gasteiger partial charge >= 0.3 is 0 Å². The van der Waals surface area contributed by atoms with Gasteiger partial charge in [-0.05, 0) is 68.9 Å². The Balaban J connectivity index is 1.48. The Morgan fingerprint density at radius 1 is 1.07 bits per heavy atom. The Morgan fingerprint density at radius 2 is 1.82 bits per heavy atom. The number of fused-ring (bicyclic) bond motifs is 2. The van der Waals surface area contributed by atoms with Crippen molar-refractivity contribution in [2.24, 2.45) is 0 Å². The Kier molecular flexibility index (Phi) is 5.18. The van der Waals surface area contributed by atoms with Crippen LogP contribution in [0.15, 0.2) is 42.5 Å². The zero-order valence-electron chi connectivity index (χ0n) is 16.6. The summed E-state index contributed by atoms with van der Waals surface area (Å²) in [5.41, 5.74) is 5.67. The zero-order valence-corrected chi connectivity index (χ0v) is 16.6. The fourth-order valence-electron chi connectivity index (χ4n) is 4.34. The first-order valence-electron chi connectivity index (χ1n) is 10.2. The van der Waals surface area contributed by atoms with E-state index in [0.717, 1.165) is 12.1 Å². The number of amides is 2. The third-order valence-electron chi connectivity index (χ3n) is 5.90.